The Morgan fingerprint density at radius 1 is 1.67 bits per heavy atom. The monoisotopic (exact) mass is 311 g/mol. The SMILES string of the molecule is COCCNC(=O)[C@@H]1C[C@H]2[C@H](CCN2Cc2nccs2)O1. The number of carbonyl (C=O) groups excluding carboxylic acids is 1. The molecule has 7 heteroatoms. The number of rotatable bonds is 6. The Bertz CT molecular complexity index is 468. The molecule has 116 valence electrons. The van der Waals surface area contributed by atoms with Gasteiger partial charge in [-0.3, -0.25) is 9.69 Å². The van der Waals surface area contributed by atoms with Crippen molar-refractivity contribution in [2.45, 2.75) is 37.6 Å². The normalized spacial score (nSPS) is 28.7. The minimum Gasteiger partial charge on any atom is -0.383 e. The molecule has 1 aromatic heterocycles. The highest BCUT2D eigenvalue weighted by Gasteiger charge is 2.45. The number of amides is 1. The molecule has 1 N–H and O–H groups in total. The van der Waals surface area contributed by atoms with Gasteiger partial charge in [0.05, 0.1) is 19.3 Å². The first-order valence-electron chi connectivity index (χ1n) is 7.32. The Hall–Kier alpha value is -1.02. The van der Waals surface area contributed by atoms with Crippen molar-refractivity contribution in [3.63, 3.8) is 0 Å². The average Bonchev–Trinajstić information content (AvgIpc) is 3.18. The predicted octanol–water partition coefficient (Wildman–Crippen LogP) is 0.637. The van der Waals surface area contributed by atoms with Gasteiger partial charge in [-0.05, 0) is 6.42 Å². The summed E-state index contributed by atoms with van der Waals surface area (Å²) in [4.78, 5) is 18.8. The largest absolute Gasteiger partial charge is 0.383 e. The van der Waals surface area contributed by atoms with Crippen molar-refractivity contribution in [2.75, 3.05) is 26.8 Å². The van der Waals surface area contributed by atoms with Gasteiger partial charge in [0.15, 0.2) is 0 Å². The first kappa shape index (κ1) is 14.9. The van der Waals surface area contributed by atoms with Crippen LogP contribution in [0.1, 0.15) is 17.8 Å². The lowest BCUT2D eigenvalue weighted by atomic mass is 10.1. The number of carbonyl (C=O) groups is 1. The van der Waals surface area contributed by atoms with E-state index in [0.29, 0.717) is 19.2 Å². The van der Waals surface area contributed by atoms with E-state index in [1.807, 2.05) is 11.6 Å². The van der Waals surface area contributed by atoms with Gasteiger partial charge in [0.25, 0.3) is 0 Å². The Balaban J connectivity index is 1.52. The van der Waals surface area contributed by atoms with Crippen molar-refractivity contribution in [3.05, 3.63) is 16.6 Å². The molecule has 2 aliphatic rings. The average molecular weight is 311 g/mol. The number of nitrogens with one attached hydrogen (secondary N) is 1. The minimum atomic E-state index is -0.323. The number of ether oxygens (including phenoxy) is 2. The molecule has 0 radical (unpaired) electrons. The maximum absolute atomic E-state index is 12.1. The number of likely N-dealkylation sites (tertiary alicyclic amines) is 1. The van der Waals surface area contributed by atoms with Crippen LogP contribution < -0.4 is 5.32 Å². The second-order valence-electron chi connectivity index (χ2n) is 5.44. The molecule has 1 aromatic rings. The number of aromatic nitrogens is 1. The quantitative estimate of drug-likeness (QED) is 0.781. The summed E-state index contributed by atoms with van der Waals surface area (Å²) in [6, 6.07) is 0.340. The van der Waals surface area contributed by atoms with Crippen molar-refractivity contribution in [1.29, 1.82) is 0 Å². The fraction of sp³-hybridized carbons (Fsp3) is 0.714. The van der Waals surface area contributed by atoms with Crippen LogP contribution in [0.3, 0.4) is 0 Å². The van der Waals surface area contributed by atoms with Gasteiger partial charge in [0.1, 0.15) is 11.1 Å². The summed E-state index contributed by atoms with van der Waals surface area (Å²) in [6.45, 7) is 2.95. The summed E-state index contributed by atoms with van der Waals surface area (Å²) in [6.07, 6.45) is 3.47. The standard InChI is InChI=1S/C14H21N3O3S/c1-19-6-3-16-14(18)12-8-10-11(20-12)2-5-17(10)9-13-15-4-7-21-13/h4,7,10-12H,2-3,5-6,8-9H2,1H3,(H,16,18)/t10-,11-,12-/m0/s1. The Kier molecular flexibility index (Phi) is 4.84. The van der Waals surface area contributed by atoms with Crippen molar-refractivity contribution < 1.29 is 14.3 Å². The summed E-state index contributed by atoms with van der Waals surface area (Å²) >= 11 is 1.68. The van der Waals surface area contributed by atoms with Gasteiger partial charge < -0.3 is 14.8 Å². The van der Waals surface area contributed by atoms with Crippen LogP contribution in [0.2, 0.25) is 0 Å². The van der Waals surface area contributed by atoms with Crippen LogP contribution in [0.5, 0.6) is 0 Å². The fourth-order valence-corrected chi connectivity index (χ4v) is 3.73. The van der Waals surface area contributed by atoms with E-state index in [-0.39, 0.29) is 18.1 Å². The van der Waals surface area contributed by atoms with Gasteiger partial charge >= 0.3 is 0 Å². The molecule has 0 unspecified atom stereocenters. The zero-order valence-corrected chi connectivity index (χ0v) is 13.0. The third-order valence-corrected chi connectivity index (χ3v) is 4.88. The Morgan fingerprint density at radius 3 is 3.33 bits per heavy atom. The van der Waals surface area contributed by atoms with E-state index < -0.39 is 0 Å². The molecule has 2 aliphatic heterocycles. The molecule has 3 heterocycles. The van der Waals surface area contributed by atoms with Gasteiger partial charge in [-0.15, -0.1) is 11.3 Å². The molecule has 21 heavy (non-hydrogen) atoms. The number of fused-ring (bicyclic) bond motifs is 1. The molecule has 0 aliphatic carbocycles. The van der Waals surface area contributed by atoms with Gasteiger partial charge in [-0.2, -0.15) is 0 Å². The third kappa shape index (κ3) is 3.42. The molecule has 0 spiro atoms. The maximum Gasteiger partial charge on any atom is 0.249 e. The smallest absolute Gasteiger partial charge is 0.249 e. The zero-order chi connectivity index (χ0) is 14.7. The van der Waals surface area contributed by atoms with Gasteiger partial charge in [0.2, 0.25) is 5.91 Å². The third-order valence-electron chi connectivity index (χ3n) is 4.11. The summed E-state index contributed by atoms with van der Waals surface area (Å²) in [5.74, 6) is -0.0179. The van der Waals surface area contributed by atoms with Crippen molar-refractivity contribution >= 4 is 17.2 Å². The van der Waals surface area contributed by atoms with Crippen LogP contribution in [0.4, 0.5) is 0 Å². The van der Waals surface area contributed by atoms with Gasteiger partial charge in [0, 0.05) is 44.2 Å². The lowest BCUT2D eigenvalue weighted by Gasteiger charge is -2.21. The van der Waals surface area contributed by atoms with Crippen LogP contribution in [-0.4, -0.2) is 60.8 Å². The summed E-state index contributed by atoms with van der Waals surface area (Å²) < 4.78 is 10.9. The molecule has 6 nitrogen and oxygen atoms in total. The Labute approximate surface area is 128 Å². The number of thiazole rings is 1. The lowest BCUT2D eigenvalue weighted by molar-refractivity contribution is -0.132. The maximum atomic E-state index is 12.1. The van der Waals surface area contributed by atoms with E-state index >= 15 is 0 Å². The zero-order valence-electron chi connectivity index (χ0n) is 12.2. The van der Waals surface area contributed by atoms with E-state index in [0.717, 1.165) is 30.9 Å². The van der Waals surface area contributed by atoms with Crippen molar-refractivity contribution in [3.8, 4) is 0 Å². The summed E-state index contributed by atoms with van der Waals surface area (Å²) in [7, 11) is 1.62. The van der Waals surface area contributed by atoms with Crippen LogP contribution >= 0.6 is 11.3 Å². The summed E-state index contributed by atoms with van der Waals surface area (Å²) in [5.41, 5.74) is 0. The molecular formula is C14H21N3O3S. The highest BCUT2D eigenvalue weighted by Crippen LogP contribution is 2.34. The predicted molar refractivity (Wildman–Crippen MR) is 79.1 cm³/mol. The second kappa shape index (κ2) is 6.83. The molecular weight excluding hydrogens is 290 g/mol. The molecule has 3 rings (SSSR count). The van der Waals surface area contributed by atoms with Crippen molar-refractivity contribution in [2.24, 2.45) is 0 Å². The Morgan fingerprint density at radius 2 is 2.57 bits per heavy atom. The first-order valence-corrected chi connectivity index (χ1v) is 8.20. The second-order valence-corrected chi connectivity index (χ2v) is 6.41. The van der Waals surface area contributed by atoms with Gasteiger partial charge in [-0.25, -0.2) is 4.98 Å². The number of hydrogen-bond acceptors (Lipinski definition) is 6. The fourth-order valence-electron chi connectivity index (χ4n) is 3.09. The van der Waals surface area contributed by atoms with Crippen LogP contribution in [0.25, 0.3) is 0 Å². The molecule has 2 fully saturated rings. The first-order chi connectivity index (χ1) is 10.3. The molecule has 0 saturated carbocycles. The molecule has 0 aromatic carbocycles. The van der Waals surface area contributed by atoms with E-state index in [2.05, 4.69) is 15.2 Å². The van der Waals surface area contributed by atoms with Crippen LogP contribution in [0.15, 0.2) is 11.6 Å². The molecule has 0 bridgehead atoms. The minimum absolute atomic E-state index is 0.0179. The molecule has 1 amide bonds. The summed E-state index contributed by atoms with van der Waals surface area (Å²) in [5, 5.41) is 5.99. The van der Waals surface area contributed by atoms with Crippen LogP contribution in [-0.2, 0) is 20.8 Å². The number of methoxy groups -OCH3 is 1. The highest BCUT2D eigenvalue weighted by molar-refractivity contribution is 7.09. The number of hydrogen-bond donors (Lipinski definition) is 1. The van der Waals surface area contributed by atoms with Crippen LogP contribution in [0, 0.1) is 0 Å². The van der Waals surface area contributed by atoms with Gasteiger partial charge in [-0.1, -0.05) is 0 Å². The molecule has 2 saturated heterocycles. The molecule has 3 atom stereocenters. The van der Waals surface area contributed by atoms with E-state index in [4.69, 9.17) is 9.47 Å². The van der Waals surface area contributed by atoms with E-state index in [1.165, 1.54) is 0 Å². The highest BCUT2D eigenvalue weighted by atomic mass is 32.1. The van der Waals surface area contributed by atoms with Crippen molar-refractivity contribution in [1.82, 2.24) is 15.2 Å². The lowest BCUT2D eigenvalue weighted by Crippen LogP contribution is -2.37. The van der Waals surface area contributed by atoms with E-state index in [1.54, 1.807) is 18.4 Å². The topological polar surface area (TPSA) is 63.7 Å². The number of nitrogens with zero attached hydrogens (tertiary/aromatic N) is 2. The van der Waals surface area contributed by atoms with E-state index in [9.17, 15) is 4.79 Å².